The van der Waals surface area contributed by atoms with Crippen molar-refractivity contribution in [2.24, 2.45) is 0 Å². The van der Waals surface area contributed by atoms with Gasteiger partial charge in [-0.3, -0.25) is 4.79 Å². The second-order valence-corrected chi connectivity index (χ2v) is 6.82. The Bertz CT molecular complexity index is 636. The summed E-state index contributed by atoms with van der Waals surface area (Å²) in [6.45, 7) is 6.61. The second-order valence-electron chi connectivity index (χ2n) is 6.82. The molecule has 0 radical (unpaired) electrons. The predicted molar refractivity (Wildman–Crippen MR) is 94.6 cm³/mol. The molecule has 2 atom stereocenters. The summed E-state index contributed by atoms with van der Waals surface area (Å²) >= 11 is 0. The minimum atomic E-state index is -0.971. The molecule has 0 saturated heterocycles. The number of nitrogens with one attached hydrogen (secondary N) is 2. The van der Waals surface area contributed by atoms with Gasteiger partial charge in [-0.05, 0) is 45.4 Å². The molecule has 26 heavy (non-hydrogen) atoms. The van der Waals surface area contributed by atoms with Crippen LogP contribution in [0.2, 0.25) is 0 Å². The molecule has 0 aliphatic carbocycles. The number of phenols is 1. The quantitative estimate of drug-likeness (QED) is 0.658. The number of hydrogen-bond donors (Lipinski definition) is 3. The molecule has 2 amide bonds. The van der Waals surface area contributed by atoms with Crippen molar-refractivity contribution >= 4 is 18.0 Å². The maximum atomic E-state index is 12.5. The summed E-state index contributed by atoms with van der Waals surface area (Å²) in [6, 6.07) is 4.40. The number of hydrogen-bond acceptors (Lipinski definition) is 6. The molecule has 0 aliphatic rings. The lowest BCUT2D eigenvalue weighted by molar-refractivity contribution is -0.144. The van der Waals surface area contributed by atoms with E-state index in [2.05, 4.69) is 15.4 Å². The molecular formula is C18H26N2O6. The number of amides is 2. The average Bonchev–Trinajstić information content (AvgIpc) is 2.53. The van der Waals surface area contributed by atoms with E-state index in [9.17, 15) is 19.5 Å². The molecule has 8 heteroatoms. The lowest BCUT2D eigenvalue weighted by atomic mass is 10.0. The molecule has 8 nitrogen and oxygen atoms in total. The van der Waals surface area contributed by atoms with E-state index in [1.807, 2.05) is 0 Å². The van der Waals surface area contributed by atoms with E-state index in [1.165, 1.54) is 26.2 Å². The van der Waals surface area contributed by atoms with Crippen molar-refractivity contribution in [1.82, 2.24) is 10.6 Å². The second kappa shape index (κ2) is 9.07. The van der Waals surface area contributed by atoms with Crippen molar-refractivity contribution in [3.8, 4) is 5.75 Å². The molecule has 0 heterocycles. The maximum Gasteiger partial charge on any atom is 0.408 e. The van der Waals surface area contributed by atoms with Crippen LogP contribution in [0.4, 0.5) is 4.79 Å². The standard InChI is InChI=1S/C18H26N2O6/c1-11(16(23)25-5)19-15(22)14(20-17(24)26-18(2,3)4)10-12-6-8-13(21)9-7-12/h6-9,11,14,21H,10H2,1-5H3,(H,19,22)(H,20,24)/t11-,14?/m0/s1. The third-order valence-electron chi connectivity index (χ3n) is 3.30. The van der Waals surface area contributed by atoms with Crippen LogP contribution in [0, 0.1) is 0 Å². The van der Waals surface area contributed by atoms with Gasteiger partial charge in [0.2, 0.25) is 5.91 Å². The van der Waals surface area contributed by atoms with E-state index in [4.69, 9.17) is 4.74 Å². The van der Waals surface area contributed by atoms with E-state index in [0.29, 0.717) is 5.56 Å². The van der Waals surface area contributed by atoms with E-state index in [-0.39, 0.29) is 12.2 Å². The highest BCUT2D eigenvalue weighted by Gasteiger charge is 2.27. The minimum absolute atomic E-state index is 0.0918. The first-order valence-corrected chi connectivity index (χ1v) is 8.17. The number of methoxy groups -OCH3 is 1. The topological polar surface area (TPSA) is 114 Å². The van der Waals surface area contributed by atoms with E-state index < -0.39 is 35.7 Å². The lowest BCUT2D eigenvalue weighted by Gasteiger charge is -2.24. The summed E-state index contributed by atoms with van der Waals surface area (Å²) in [5.74, 6) is -1.06. The van der Waals surface area contributed by atoms with Crippen LogP contribution in [0.25, 0.3) is 0 Å². The van der Waals surface area contributed by atoms with Gasteiger partial charge >= 0.3 is 12.1 Å². The van der Waals surface area contributed by atoms with Crippen LogP contribution in [0.15, 0.2) is 24.3 Å². The van der Waals surface area contributed by atoms with Crippen LogP contribution < -0.4 is 10.6 Å². The highest BCUT2D eigenvalue weighted by molar-refractivity contribution is 5.89. The fraction of sp³-hybridized carbons (Fsp3) is 0.500. The number of rotatable bonds is 6. The van der Waals surface area contributed by atoms with Gasteiger partial charge in [-0.25, -0.2) is 9.59 Å². The first kappa shape index (κ1) is 21.3. The van der Waals surface area contributed by atoms with Gasteiger partial charge in [0.1, 0.15) is 23.4 Å². The van der Waals surface area contributed by atoms with Crippen molar-refractivity contribution < 1.29 is 29.0 Å². The van der Waals surface area contributed by atoms with Crippen LogP contribution in [-0.2, 0) is 25.5 Å². The molecule has 0 aromatic heterocycles. The molecule has 0 fully saturated rings. The molecule has 144 valence electrons. The normalized spacial score (nSPS) is 13.3. The molecule has 1 aromatic rings. The Kier molecular flexibility index (Phi) is 7.42. The van der Waals surface area contributed by atoms with Gasteiger partial charge in [0.25, 0.3) is 0 Å². The smallest absolute Gasteiger partial charge is 0.408 e. The van der Waals surface area contributed by atoms with E-state index in [0.717, 1.165) is 0 Å². The maximum absolute atomic E-state index is 12.5. The number of phenolic OH excluding ortho intramolecular Hbond substituents is 1. The monoisotopic (exact) mass is 366 g/mol. The van der Waals surface area contributed by atoms with Crippen LogP contribution in [-0.4, -0.2) is 47.9 Å². The van der Waals surface area contributed by atoms with Crippen molar-refractivity contribution in [3.63, 3.8) is 0 Å². The van der Waals surface area contributed by atoms with Gasteiger partial charge in [-0.2, -0.15) is 0 Å². The number of alkyl carbamates (subject to hydrolysis) is 1. The first-order chi connectivity index (χ1) is 12.0. The number of esters is 1. The van der Waals surface area contributed by atoms with Gasteiger partial charge in [-0.1, -0.05) is 12.1 Å². The van der Waals surface area contributed by atoms with E-state index in [1.54, 1.807) is 32.9 Å². The van der Waals surface area contributed by atoms with E-state index >= 15 is 0 Å². The summed E-state index contributed by atoms with van der Waals surface area (Å²) in [6.07, 6.45) is -0.596. The zero-order valence-electron chi connectivity index (χ0n) is 15.7. The Morgan fingerprint density at radius 2 is 1.69 bits per heavy atom. The fourth-order valence-electron chi connectivity index (χ4n) is 2.08. The van der Waals surface area contributed by atoms with Crippen LogP contribution in [0.1, 0.15) is 33.3 Å². The fourth-order valence-corrected chi connectivity index (χ4v) is 2.08. The molecule has 0 spiro atoms. The number of benzene rings is 1. The molecule has 1 unspecified atom stereocenters. The Hall–Kier alpha value is -2.77. The van der Waals surface area contributed by atoms with Crippen molar-refractivity contribution in [3.05, 3.63) is 29.8 Å². The first-order valence-electron chi connectivity index (χ1n) is 8.17. The summed E-state index contributed by atoms with van der Waals surface area (Å²) in [7, 11) is 1.22. The lowest BCUT2D eigenvalue weighted by Crippen LogP contribution is -2.52. The highest BCUT2D eigenvalue weighted by Crippen LogP contribution is 2.12. The molecular weight excluding hydrogens is 340 g/mol. The number of ether oxygens (including phenoxy) is 2. The zero-order valence-corrected chi connectivity index (χ0v) is 15.7. The SMILES string of the molecule is COC(=O)[C@H](C)NC(=O)C(Cc1ccc(O)cc1)NC(=O)OC(C)(C)C. The highest BCUT2D eigenvalue weighted by atomic mass is 16.6. The Balaban J connectivity index is 2.89. The van der Waals surface area contributed by atoms with Crippen LogP contribution >= 0.6 is 0 Å². The Morgan fingerprint density at radius 3 is 2.19 bits per heavy atom. The van der Waals surface area contributed by atoms with Crippen molar-refractivity contribution in [2.45, 2.75) is 51.8 Å². The molecule has 3 N–H and O–H groups in total. The number of carbonyl (C=O) groups excluding carboxylic acids is 3. The summed E-state index contributed by atoms with van der Waals surface area (Å²) in [4.78, 5) is 36.1. The van der Waals surface area contributed by atoms with Gasteiger partial charge in [0.15, 0.2) is 0 Å². The number of carbonyl (C=O) groups is 3. The molecule has 0 aliphatic heterocycles. The average molecular weight is 366 g/mol. The summed E-state index contributed by atoms with van der Waals surface area (Å²) in [5.41, 5.74) is -0.00658. The summed E-state index contributed by atoms with van der Waals surface area (Å²) in [5, 5.41) is 14.4. The van der Waals surface area contributed by atoms with Crippen molar-refractivity contribution in [2.75, 3.05) is 7.11 Å². The minimum Gasteiger partial charge on any atom is -0.508 e. The zero-order chi connectivity index (χ0) is 19.9. The summed E-state index contributed by atoms with van der Waals surface area (Å²) < 4.78 is 9.76. The largest absolute Gasteiger partial charge is 0.508 e. The Labute approximate surface area is 152 Å². The Morgan fingerprint density at radius 1 is 1.12 bits per heavy atom. The van der Waals surface area contributed by atoms with Gasteiger partial charge in [-0.15, -0.1) is 0 Å². The van der Waals surface area contributed by atoms with Gasteiger partial charge in [0, 0.05) is 6.42 Å². The molecule has 0 bridgehead atoms. The van der Waals surface area contributed by atoms with Crippen LogP contribution in [0.5, 0.6) is 5.75 Å². The van der Waals surface area contributed by atoms with Crippen molar-refractivity contribution in [1.29, 1.82) is 0 Å². The van der Waals surface area contributed by atoms with Crippen LogP contribution in [0.3, 0.4) is 0 Å². The van der Waals surface area contributed by atoms with Gasteiger partial charge in [0.05, 0.1) is 7.11 Å². The van der Waals surface area contributed by atoms with Gasteiger partial charge < -0.3 is 25.2 Å². The third-order valence-corrected chi connectivity index (χ3v) is 3.30. The molecule has 1 rings (SSSR count). The molecule has 0 saturated carbocycles. The third kappa shape index (κ3) is 7.42. The predicted octanol–water partition coefficient (Wildman–Crippen LogP) is 1.51. The number of aromatic hydroxyl groups is 1. The molecule has 1 aromatic carbocycles.